The van der Waals surface area contributed by atoms with E-state index in [9.17, 15) is 14.0 Å². The normalized spacial score (nSPS) is 20.9. The standard InChI is InChI=1S/C23H25FN4O2/c24-18-7-5-17(6-8-18)15-27-21(29)19-20(26-13-12-25-19)22(30)28-14-4-11-23(16-28)9-2-1-3-10-23/h1-2,5-8,12-13H,3-4,9-11,14-16H2,(H,27,29). The molecular formula is C23H25FN4O2. The smallest absolute Gasteiger partial charge is 0.274 e. The number of allylic oxidation sites excluding steroid dienone is 2. The van der Waals surface area contributed by atoms with Crippen LogP contribution in [-0.2, 0) is 6.54 Å². The van der Waals surface area contributed by atoms with Gasteiger partial charge in [-0.2, -0.15) is 0 Å². The van der Waals surface area contributed by atoms with Gasteiger partial charge in [-0.3, -0.25) is 9.59 Å². The van der Waals surface area contributed by atoms with Crippen LogP contribution in [0.2, 0.25) is 0 Å². The third kappa shape index (κ3) is 4.40. The first kappa shape index (κ1) is 20.2. The Morgan fingerprint density at radius 1 is 1.07 bits per heavy atom. The third-order valence-electron chi connectivity index (χ3n) is 5.99. The van der Waals surface area contributed by atoms with Gasteiger partial charge in [0.1, 0.15) is 5.82 Å². The fourth-order valence-electron chi connectivity index (χ4n) is 4.37. The largest absolute Gasteiger partial charge is 0.347 e. The molecule has 2 amide bonds. The van der Waals surface area contributed by atoms with Crippen molar-refractivity contribution < 1.29 is 14.0 Å². The van der Waals surface area contributed by atoms with Gasteiger partial charge in [0.05, 0.1) is 0 Å². The second-order valence-electron chi connectivity index (χ2n) is 8.11. The number of piperidine rings is 1. The SMILES string of the molecule is O=C(NCc1ccc(F)cc1)c1nccnc1C(=O)N1CCCC2(CC=CCC2)C1. The predicted molar refractivity (Wildman–Crippen MR) is 110 cm³/mol. The Morgan fingerprint density at radius 2 is 1.83 bits per heavy atom. The summed E-state index contributed by atoms with van der Waals surface area (Å²) in [5, 5.41) is 2.75. The van der Waals surface area contributed by atoms with Crippen molar-refractivity contribution in [2.45, 2.75) is 38.6 Å². The Labute approximate surface area is 175 Å². The number of hydrogen-bond acceptors (Lipinski definition) is 4. The molecule has 0 bridgehead atoms. The molecule has 2 aliphatic rings. The van der Waals surface area contributed by atoms with Crippen LogP contribution >= 0.6 is 0 Å². The molecular weight excluding hydrogens is 383 g/mol. The number of carbonyl (C=O) groups is 2. The number of benzene rings is 1. The molecule has 7 heteroatoms. The molecule has 4 rings (SSSR count). The van der Waals surface area contributed by atoms with Crippen molar-refractivity contribution in [2.75, 3.05) is 13.1 Å². The van der Waals surface area contributed by atoms with Crippen LogP contribution in [0.5, 0.6) is 0 Å². The molecule has 30 heavy (non-hydrogen) atoms. The first-order valence-corrected chi connectivity index (χ1v) is 10.3. The quantitative estimate of drug-likeness (QED) is 0.786. The number of nitrogens with one attached hydrogen (secondary N) is 1. The van der Waals surface area contributed by atoms with E-state index in [-0.39, 0.29) is 35.1 Å². The van der Waals surface area contributed by atoms with Gasteiger partial charge in [0, 0.05) is 32.0 Å². The van der Waals surface area contributed by atoms with Crippen molar-refractivity contribution in [1.82, 2.24) is 20.2 Å². The highest BCUT2D eigenvalue weighted by atomic mass is 19.1. The summed E-state index contributed by atoms with van der Waals surface area (Å²) in [6, 6.07) is 5.88. The number of aromatic nitrogens is 2. The van der Waals surface area contributed by atoms with Gasteiger partial charge in [-0.15, -0.1) is 0 Å². The first-order chi connectivity index (χ1) is 14.6. The Morgan fingerprint density at radius 3 is 2.57 bits per heavy atom. The van der Waals surface area contributed by atoms with Crippen molar-refractivity contribution in [3.05, 3.63) is 71.6 Å². The summed E-state index contributed by atoms with van der Waals surface area (Å²) >= 11 is 0. The fraction of sp³-hybridized carbons (Fsp3) is 0.391. The monoisotopic (exact) mass is 408 g/mol. The van der Waals surface area contributed by atoms with Crippen molar-refractivity contribution in [3.8, 4) is 0 Å². The lowest BCUT2D eigenvalue weighted by Crippen LogP contribution is -2.47. The predicted octanol–water partition coefficient (Wildman–Crippen LogP) is 3.51. The average Bonchev–Trinajstić information content (AvgIpc) is 2.78. The van der Waals surface area contributed by atoms with E-state index in [0.29, 0.717) is 13.1 Å². The Kier molecular flexibility index (Phi) is 5.88. The summed E-state index contributed by atoms with van der Waals surface area (Å²) in [4.78, 5) is 36.1. The number of likely N-dealkylation sites (tertiary alicyclic amines) is 1. The number of halogens is 1. The van der Waals surface area contributed by atoms with Crippen molar-refractivity contribution >= 4 is 11.8 Å². The maximum atomic E-state index is 13.2. The lowest BCUT2D eigenvalue weighted by atomic mass is 9.71. The zero-order valence-electron chi connectivity index (χ0n) is 16.8. The van der Waals surface area contributed by atoms with Crippen LogP contribution in [0.3, 0.4) is 0 Å². The van der Waals surface area contributed by atoms with Gasteiger partial charge in [-0.25, -0.2) is 14.4 Å². The van der Waals surface area contributed by atoms with Crippen LogP contribution in [-0.4, -0.2) is 39.8 Å². The highest BCUT2D eigenvalue weighted by Gasteiger charge is 2.38. The summed E-state index contributed by atoms with van der Waals surface area (Å²) in [5.41, 5.74) is 0.991. The van der Waals surface area contributed by atoms with Gasteiger partial charge < -0.3 is 10.2 Å². The second kappa shape index (κ2) is 8.73. The maximum Gasteiger partial charge on any atom is 0.274 e. The topological polar surface area (TPSA) is 75.2 Å². The summed E-state index contributed by atoms with van der Waals surface area (Å²) in [7, 11) is 0. The zero-order chi connectivity index (χ0) is 21.0. The highest BCUT2D eigenvalue weighted by Crippen LogP contribution is 2.41. The van der Waals surface area contributed by atoms with Gasteiger partial charge in [0.15, 0.2) is 11.4 Å². The van der Waals surface area contributed by atoms with Gasteiger partial charge >= 0.3 is 0 Å². The zero-order valence-corrected chi connectivity index (χ0v) is 16.8. The number of amides is 2. The van der Waals surface area contributed by atoms with Crippen molar-refractivity contribution in [2.24, 2.45) is 5.41 Å². The molecule has 156 valence electrons. The average molecular weight is 408 g/mol. The summed E-state index contributed by atoms with van der Waals surface area (Å²) < 4.78 is 13.0. The molecule has 2 aromatic rings. The third-order valence-corrected chi connectivity index (χ3v) is 5.99. The van der Waals surface area contributed by atoms with Crippen LogP contribution in [0.15, 0.2) is 48.8 Å². The Bertz CT molecular complexity index is 960. The Balaban J connectivity index is 1.48. The van der Waals surface area contributed by atoms with Gasteiger partial charge in [0.2, 0.25) is 0 Å². The van der Waals surface area contributed by atoms with Crippen molar-refractivity contribution in [1.29, 1.82) is 0 Å². The maximum absolute atomic E-state index is 13.2. The molecule has 2 heterocycles. The molecule has 1 aliphatic heterocycles. The molecule has 1 unspecified atom stereocenters. The molecule has 1 aliphatic carbocycles. The second-order valence-corrected chi connectivity index (χ2v) is 8.11. The molecule has 6 nitrogen and oxygen atoms in total. The fourth-order valence-corrected chi connectivity index (χ4v) is 4.37. The molecule has 1 atom stereocenters. The summed E-state index contributed by atoms with van der Waals surface area (Å²) in [5.74, 6) is -1.05. The Hall–Kier alpha value is -3.09. The van der Waals surface area contributed by atoms with E-state index in [4.69, 9.17) is 0 Å². The van der Waals surface area contributed by atoms with Crippen LogP contribution in [0, 0.1) is 11.2 Å². The van der Waals surface area contributed by atoms with Gasteiger partial charge in [-0.05, 0) is 55.2 Å². The molecule has 1 spiro atoms. The molecule has 1 aromatic heterocycles. The van der Waals surface area contributed by atoms with E-state index in [0.717, 1.165) is 37.7 Å². The van der Waals surface area contributed by atoms with Crippen LogP contribution in [0.1, 0.15) is 58.6 Å². The summed E-state index contributed by atoms with van der Waals surface area (Å²) in [6.45, 7) is 1.56. The van der Waals surface area contributed by atoms with E-state index in [1.807, 2.05) is 4.90 Å². The molecule has 0 radical (unpaired) electrons. The van der Waals surface area contributed by atoms with E-state index in [1.165, 1.54) is 24.5 Å². The van der Waals surface area contributed by atoms with Crippen LogP contribution < -0.4 is 5.32 Å². The number of hydrogen-bond donors (Lipinski definition) is 1. The molecule has 1 N–H and O–H groups in total. The minimum atomic E-state index is -0.469. The number of nitrogens with zero attached hydrogens (tertiary/aromatic N) is 3. The van der Waals surface area contributed by atoms with Crippen LogP contribution in [0.4, 0.5) is 4.39 Å². The van der Waals surface area contributed by atoms with E-state index < -0.39 is 5.91 Å². The highest BCUT2D eigenvalue weighted by molar-refractivity contribution is 6.04. The van der Waals surface area contributed by atoms with Crippen LogP contribution in [0.25, 0.3) is 0 Å². The molecule has 1 saturated heterocycles. The van der Waals surface area contributed by atoms with E-state index in [1.54, 1.807) is 12.1 Å². The first-order valence-electron chi connectivity index (χ1n) is 10.3. The number of rotatable bonds is 4. The van der Waals surface area contributed by atoms with Crippen molar-refractivity contribution in [3.63, 3.8) is 0 Å². The van der Waals surface area contributed by atoms with Gasteiger partial charge in [0.25, 0.3) is 11.8 Å². The van der Waals surface area contributed by atoms with E-state index in [2.05, 4.69) is 27.4 Å². The van der Waals surface area contributed by atoms with Gasteiger partial charge in [-0.1, -0.05) is 24.3 Å². The lowest BCUT2D eigenvalue weighted by Gasteiger charge is -2.43. The molecule has 0 saturated carbocycles. The summed E-state index contributed by atoms with van der Waals surface area (Å²) in [6.07, 6.45) is 12.5. The minimum Gasteiger partial charge on any atom is -0.347 e. The molecule has 1 aromatic carbocycles. The number of carbonyl (C=O) groups excluding carboxylic acids is 2. The van der Waals surface area contributed by atoms with E-state index >= 15 is 0 Å². The molecule has 1 fully saturated rings. The minimum absolute atomic E-state index is 0.0211. The lowest BCUT2D eigenvalue weighted by molar-refractivity contribution is 0.0476.